The lowest BCUT2D eigenvalue weighted by Gasteiger charge is -2.10. The molecule has 2 aromatic rings. The molecule has 2 aromatic carbocycles. The highest BCUT2D eigenvalue weighted by Gasteiger charge is 2.30. The maximum absolute atomic E-state index is 12.4. The standard InChI is InChI=1S/C13H9F3INO/c14-13(15,16)8-1-4-10(5-2-8)19-12-6-3-9(18)7-11(12)17/h1-7H,18H2. The zero-order valence-electron chi connectivity index (χ0n) is 9.54. The van der Waals surface area contributed by atoms with E-state index < -0.39 is 11.7 Å². The van der Waals surface area contributed by atoms with Gasteiger partial charge in [-0.3, -0.25) is 0 Å². The SMILES string of the molecule is Nc1ccc(Oc2ccc(C(F)(F)F)cc2)c(I)c1. The van der Waals surface area contributed by atoms with Gasteiger partial charge in [-0.25, -0.2) is 0 Å². The second kappa shape index (κ2) is 5.28. The summed E-state index contributed by atoms with van der Waals surface area (Å²) in [7, 11) is 0. The number of hydrogen-bond donors (Lipinski definition) is 1. The summed E-state index contributed by atoms with van der Waals surface area (Å²) in [6.07, 6.45) is -4.34. The first kappa shape index (κ1) is 14.0. The molecule has 0 atom stereocenters. The number of nitrogen functional groups attached to an aromatic ring is 1. The van der Waals surface area contributed by atoms with Gasteiger partial charge in [0.1, 0.15) is 11.5 Å². The number of ether oxygens (including phenoxy) is 1. The van der Waals surface area contributed by atoms with Crippen LogP contribution in [-0.4, -0.2) is 0 Å². The van der Waals surface area contributed by atoms with E-state index in [2.05, 4.69) is 0 Å². The van der Waals surface area contributed by atoms with Crippen LogP contribution in [0.2, 0.25) is 0 Å². The normalized spacial score (nSPS) is 11.4. The lowest BCUT2D eigenvalue weighted by atomic mass is 10.2. The summed E-state index contributed by atoms with van der Waals surface area (Å²) in [4.78, 5) is 0. The molecule has 100 valence electrons. The molecule has 6 heteroatoms. The topological polar surface area (TPSA) is 35.2 Å². The van der Waals surface area contributed by atoms with Gasteiger partial charge in [0.05, 0.1) is 9.13 Å². The monoisotopic (exact) mass is 379 g/mol. The minimum Gasteiger partial charge on any atom is -0.456 e. The highest BCUT2D eigenvalue weighted by Crippen LogP contribution is 2.32. The zero-order valence-corrected chi connectivity index (χ0v) is 11.7. The summed E-state index contributed by atoms with van der Waals surface area (Å²) in [5, 5.41) is 0. The lowest BCUT2D eigenvalue weighted by molar-refractivity contribution is -0.137. The molecule has 0 spiro atoms. The highest BCUT2D eigenvalue weighted by molar-refractivity contribution is 14.1. The van der Waals surface area contributed by atoms with Crippen LogP contribution >= 0.6 is 22.6 Å². The minimum atomic E-state index is -4.34. The third-order valence-corrected chi connectivity index (χ3v) is 3.21. The second-order valence-corrected chi connectivity index (χ2v) is 4.98. The predicted molar refractivity (Wildman–Crippen MR) is 75.1 cm³/mol. The Morgan fingerprint density at radius 1 is 1.00 bits per heavy atom. The minimum absolute atomic E-state index is 0.343. The second-order valence-electron chi connectivity index (χ2n) is 3.81. The van der Waals surface area contributed by atoms with Crippen LogP contribution in [0.5, 0.6) is 11.5 Å². The van der Waals surface area contributed by atoms with Crippen molar-refractivity contribution >= 4 is 28.3 Å². The van der Waals surface area contributed by atoms with Crippen molar-refractivity contribution in [2.75, 3.05) is 5.73 Å². The van der Waals surface area contributed by atoms with Crippen molar-refractivity contribution in [3.05, 3.63) is 51.6 Å². The number of nitrogens with two attached hydrogens (primary N) is 1. The predicted octanol–water partition coefficient (Wildman–Crippen LogP) is 4.68. The Morgan fingerprint density at radius 3 is 2.16 bits per heavy atom. The summed E-state index contributed by atoms with van der Waals surface area (Å²) >= 11 is 2.05. The molecule has 2 rings (SSSR count). The number of alkyl halides is 3. The molecule has 0 amide bonds. The maximum atomic E-state index is 12.4. The molecule has 0 aliphatic heterocycles. The summed E-state index contributed by atoms with van der Waals surface area (Å²) in [5.41, 5.74) is 5.50. The number of benzene rings is 2. The molecule has 0 aromatic heterocycles. The smallest absolute Gasteiger partial charge is 0.416 e. The van der Waals surface area contributed by atoms with E-state index >= 15 is 0 Å². The van der Waals surface area contributed by atoms with E-state index in [1.807, 2.05) is 22.6 Å². The fraction of sp³-hybridized carbons (Fsp3) is 0.0769. The van der Waals surface area contributed by atoms with E-state index in [9.17, 15) is 13.2 Å². The van der Waals surface area contributed by atoms with E-state index in [4.69, 9.17) is 10.5 Å². The van der Waals surface area contributed by atoms with Crippen molar-refractivity contribution in [1.82, 2.24) is 0 Å². The average molecular weight is 379 g/mol. The Labute approximate surface area is 121 Å². The Morgan fingerprint density at radius 2 is 1.63 bits per heavy atom. The quantitative estimate of drug-likeness (QED) is 0.607. The first-order valence-electron chi connectivity index (χ1n) is 5.26. The van der Waals surface area contributed by atoms with Crippen molar-refractivity contribution < 1.29 is 17.9 Å². The third-order valence-electron chi connectivity index (χ3n) is 2.37. The van der Waals surface area contributed by atoms with Crippen LogP contribution in [0.3, 0.4) is 0 Å². The van der Waals surface area contributed by atoms with Gasteiger partial charge in [0.15, 0.2) is 0 Å². The van der Waals surface area contributed by atoms with Crippen LogP contribution in [0.25, 0.3) is 0 Å². The molecule has 0 aliphatic carbocycles. The van der Waals surface area contributed by atoms with Gasteiger partial charge < -0.3 is 10.5 Å². The summed E-state index contributed by atoms with van der Waals surface area (Å²) < 4.78 is 43.5. The molecule has 19 heavy (non-hydrogen) atoms. The summed E-state index contributed by atoms with van der Waals surface area (Å²) in [6.45, 7) is 0. The molecule has 0 heterocycles. The van der Waals surface area contributed by atoms with E-state index in [0.717, 1.165) is 15.7 Å². The number of halogens is 4. The largest absolute Gasteiger partial charge is 0.456 e. The van der Waals surface area contributed by atoms with Gasteiger partial charge in [-0.2, -0.15) is 13.2 Å². The molecule has 0 radical (unpaired) electrons. The molecule has 2 nitrogen and oxygen atoms in total. The van der Waals surface area contributed by atoms with Gasteiger partial charge >= 0.3 is 6.18 Å². The van der Waals surface area contributed by atoms with Gasteiger partial charge in [0.2, 0.25) is 0 Å². The van der Waals surface area contributed by atoms with Crippen LogP contribution in [0, 0.1) is 3.57 Å². The van der Waals surface area contributed by atoms with E-state index in [-0.39, 0.29) is 0 Å². The highest BCUT2D eigenvalue weighted by atomic mass is 127. The van der Waals surface area contributed by atoms with Gasteiger partial charge in [0.25, 0.3) is 0 Å². The van der Waals surface area contributed by atoms with Gasteiger partial charge in [-0.05, 0) is 65.1 Å². The van der Waals surface area contributed by atoms with Crippen molar-refractivity contribution in [1.29, 1.82) is 0 Å². The molecule has 2 N–H and O–H groups in total. The molecule has 0 unspecified atom stereocenters. The van der Waals surface area contributed by atoms with Crippen LogP contribution < -0.4 is 10.5 Å². The van der Waals surface area contributed by atoms with Crippen molar-refractivity contribution in [2.45, 2.75) is 6.18 Å². The lowest BCUT2D eigenvalue weighted by Crippen LogP contribution is -2.04. The van der Waals surface area contributed by atoms with Crippen molar-refractivity contribution in [2.24, 2.45) is 0 Å². The Bertz CT molecular complexity index is 581. The molecule has 0 saturated heterocycles. The number of rotatable bonds is 2. The van der Waals surface area contributed by atoms with E-state index in [1.165, 1.54) is 12.1 Å². The summed E-state index contributed by atoms with van der Waals surface area (Å²) in [6, 6.07) is 9.61. The fourth-order valence-corrected chi connectivity index (χ4v) is 2.09. The molecular weight excluding hydrogens is 370 g/mol. The molecular formula is C13H9F3INO. The Kier molecular flexibility index (Phi) is 3.88. The Hall–Kier alpha value is -1.44. The maximum Gasteiger partial charge on any atom is 0.416 e. The first-order valence-corrected chi connectivity index (χ1v) is 6.34. The fourth-order valence-electron chi connectivity index (χ4n) is 1.44. The van der Waals surface area contributed by atoms with Gasteiger partial charge in [-0.1, -0.05) is 0 Å². The van der Waals surface area contributed by atoms with Crippen molar-refractivity contribution in [3.63, 3.8) is 0 Å². The number of anilines is 1. The Balaban J connectivity index is 2.20. The van der Waals surface area contributed by atoms with Crippen LogP contribution in [0.1, 0.15) is 5.56 Å². The average Bonchev–Trinajstić information content (AvgIpc) is 2.32. The van der Waals surface area contributed by atoms with Gasteiger partial charge in [0, 0.05) is 5.69 Å². The van der Waals surface area contributed by atoms with Crippen LogP contribution in [0.15, 0.2) is 42.5 Å². The molecule has 0 fully saturated rings. The first-order chi connectivity index (χ1) is 8.86. The third kappa shape index (κ3) is 3.52. The van der Waals surface area contributed by atoms with Crippen LogP contribution in [0.4, 0.5) is 18.9 Å². The number of hydrogen-bond acceptors (Lipinski definition) is 2. The van der Waals surface area contributed by atoms with E-state index in [1.54, 1.807) is 18.2 Å². The molecule has 0 saturated carbocycles. The zero-order chi connectivity index (χ0) is 14.0. The van der Waals surface area contributed by atoms with Gasteiger partial charge in [-0.15, -0.1) is 0 Å². The molecule has 0 bridgehead atoms. The summed E-state index contributed by atoms with van der Waals surface area (Å²) in [5.74, 6) is 0.894. The molecule has 0 aliphatic rings. The van der Waals surface area contributed by atoms with E-state index in [0.29, 0.717) is 17.2 Å². The van der Waals surface area contributed by atoms with Crippen molar-refractivity contribution in [3.8, 4) is 11.5 Å². The van der Waals surface area contributed by atoms with Crippen LogP contribution in [-0.2, 0) is 6.18 Å².